The van der Waals surface area contributed by atoms with E-state index in [0.717, 1.165) is 116 Å². The zero-order valence-electron chi connectivity index (χ0n) is 45.1. The van der Waals surface area contributed by atoms with E-state index in [0.29, 0.717) is 19.3 Å². The highest BCUT2D eigenvalue weighted by Gasteiger charge is 2.28. The second kappa shape index (κ2) is 53.4. The van der Waals surface area contributed by atoms with Gasteiger partial charge in [0.15, 0.2) is 6.10 Å². The van der Waals surface area contributed by atoms with Crippen LogP contribution in [0.5, 0.6) is 0 Å². The summed E-state index contributed by atoms with van der Waals surface area (Å²) in [6.07, 6.45) is 63.4. The Hall–Kier alpha value is -3.86. The van der Waals surface area contributed by atoms with Crippen LogP contribution in [-0.4, -0.2) is 66.5 Å². The van der Waals surface area contributed by atoms with Crippen molar-refractivity contribution in [3.8, 4) is 0 Å². The van der Waals surface area contributed by atoms with Crippen molar-refractivity contribution in [3.05, 3.63) is 109 Å². The first-order chi connectivity index (χ1) is 35.2. The van der Waals surface area contributed by atoms with Crippen molar-refractivity contribution in [2.75, 3.05) is 26.4 Å². The molecular weight excluding hydrogens is 928 g/mol. The van der Waals surface area contributed by atoms with E-state index in [1.165, 1.54) is 38.5 Å². The summed E-state index contributed by atoms with van der Waals surface area (Å²) in [4.78, 5) is 48.4. The first kappa shape index (κ1) is 68.1. The summed E-state index contributed by atoms with van der Waals surface area (Å²) in [5.74, 6) is -1.57. The second-order valence-corrected chi connectivity index (χ2v) is 19.4. The van der Waals surface area contributed by atoms with Crippen LogP contribution in [0.2, 0.25) is 0 Å². The van der Waals surface area contributed by atoms with Crippen LogP contribution in [0.15, 0.2) is 109 Å². The summed E-state index contributed by atoms with van der Waals surface area (Å²) in [5.41, 5.74) is 0. The van der Waals surface area contributed by atoms with Gasteiger partial charge in [-0.15, -0.1) is 0 Å². The van der Waals surface area contributed by atoms with Crippen molar-refractivity contribution in [3.63, 3.8) is 0 Å². The number of allylic oxidation sites excluding steroid dienone is 18. The summed E-state index contributed by atoms with van der Waals surface area (Å²) in [6, 6.07) is 0. The largest absolute Gasteiger partial charge is 0.472 e. The van der Waals surface area contributed by atoms with Gasteiger partial charge in [-0.3, -0.25) is 23.4 Å². The van der Waals surface area contributed by atoms with Crippen LogP contribution in [0, 0.1) is 0 Å². The average molecular weight is 1030 g/mol. The van der Waals surface area contributed by atoms with Crippen molar-refractivity contribution >= 4 is 25.7 Å². The van der Waals surface area contributed by atoms with Crippen LogP contribution in [-0.2, 0) is 42.2 Å². The topological polar surface area (TPSA) is 155 Å². The fraction of sp³-hybridized carbons (Fsp3) is 0.650. The van der Waals surface area contributed by atoms with E-state index < -0.39 is 57.8 Å². The van der Waals surface area contributed by atoms with Gasteiger partial charge in [-0.1, -0.05) is 182 Å². The summed E-state index contributed by atoms with van der Waals surface area (Å²) < 4.78 is 39.4. The Morgan fingerprint density at radius 1 is 0.403 bits per heavy atom. The number of carbonyl (C=O) groups is 3. The molecule has 410 valence electrons. The normalized spacial score (nSPS) is 14.2. The first-order valence-electron chi connectivity index (χ1n) is 27.8. The highest BCUT2D eigenvalue weighted by atomic mass is 31.2. The Morgan fingerprint density at radius 2 is 0.722 bits per heavy atom. The highest BCUT2D eigenvalue weighted by Crippen LogP contribution is 2.43. The molecule has 0 bridgehead atoms. The van der Waals surface area contributed by atoms with Crippen molar-refractivity contribution in [2.24, 2.45) is 0 Å². The highest BCUT2D eigenvalue weighted by molar-refractivity contribution is 7.47. The predicted molar refractivity (Wildman–Crippen MR) is 297 cm³/mol. The summed E-state index contributed by atoms with van der Waals surface area (Å²) in [6.45, 7) is 4.28. The summed E-state index contributed by atoms with van der Waals surface area (Å²) in [5, 5.41) is 9.79. The van der Waals surface area contributed by atoms with E-state index in [-0.39, 0.29) is 25.9 Å². The first-order valence-corrected chi connectivity index (χ1v) is 29.3. The van der Waals surface area contributed by atoms with Crippen LogP contribution in [0.3, 0.4) is 0 Å². The van der Waals surface area contributed by atoms with E-state index in [1.54, 1.807) is 0 Å². The van der Waals surface area contributed by atoms with Crippen molar-refractivity contribution < 1.29 is 52.2 Å². The lowest BCUT2D eigenvalue weighted by atomic mass is 10.1. The van der Waals surface area contributed by atoms with Crippen LogP contribution in [0.1, 0.15) is 213 Å². The number of aliphatic hydroxyl groups is 1. The molecule has 12 heteroatoms. The third-order valence-corrected chi connectivity index (χ3v) is 12.1. The Balaban J connectivity index is 4.84. The van der Waals surface area contributed by atoms with E-state index in [2.05, 4.69) is 130 Å². The fourth-order valence-electron chi connectivity index (χ4n) is 6.98. The molecular formula is C60H99O11P. The second-order valence-electron chi connectivity index (χ2n) is 18.0. The SMILES string of the molecule is CC/C=C\C/C=C\C/C=C\C/C=C\CCCCC(=O)OC(COC(=O)CCCCCCCCC/C=C\C/C=C\CCCCC)COP(=O)(O)OCC(CO)OC(=O)CCCCC/C=C\C/C=C\C/C=C\CC. The van der Waals surface area contributed by atoms with Gasteiger partial charge in [0.1, 0.15) is 12.7 Å². The van der Waals surface area contributed by atoms with Gasteiger partial charge in [0.2, 0.25) is 0 Å². The number of ether oxygens (including phenoxy) is 3. The number of rotatable bonds is 50. The molecule has 0 radical (unpaired) electrons. The molecule has 0 fully saturated rings. The number of carbonyl (C=O) groups excluding carboxylic acids is 3. The molecule has 0 saturated carbocycles. The minimum absolute atomic E-state index is 0.106. The quantitative estimate of drug-likeness (QED) is 0.0197. The van der Waals surface area contributed by atoms with Gasteiger partial charge in [0, 0.05) is 19.3 Å². The van der Waals surface area contributed by atoms with Crippen molar-refractivity contribution in [2.45, 2.75) is 226 Å². The predicted octanol–water partition coefficient (Wildman–Crippen LogP) is 16.2. The Kier molecular flexibility index (Phi) is 50.6. The molecule has 2 N–H and O–H groups in total. The molecule has 0 aromatic carbocycles. The van der Waals surface area contributed by atoms with Gasteiger partial charge < -0.3 is 24.2 Å². The van der Waals surface area contributed by atoms with Gasteiger partial charge in [-0.2, -0.15) is 0 Å². The van der Waals surface area contributed by atoms with E-state index in [1.807, 2.05) is 0 Å². The summed E-state index contributed by atoms with van der Waals surface area (Å²) in [7, 11) is -4.77. The summed E-state index contributed by atoms with van der Waals surface area (Å²) >= 11 is 0. The van der Waals surface area contributed by atoms with Crippen LogP contribution in [0.25, 0.3) is 0 Å². The molecule has 11 nitrogen and oxygen atoms in total. The molecule has 0 spiro atoms. The fourth-order valence-corrected chi connectivity index (χ4v) is 7.76. The van der Waals surface area contributed by atoms with Gasteiger partial charge in [-0.25, -0.2) is 4.57 Å². The Bertz CT molecular complexity index is 1620. The molecule has 3 atom stereocenters. The van der Waals surface area contributed by atoms with Crippen LogP contribution < -0.4 is 0 Å². The zero-order valence-corrected chi connectivity index (χ0v) is 46.0. The van der Waals surface area contributed by atoms with E-state index in [4.69, 9.17) is 23.3 Å². The Labute approximate surface area is 437 Å². The maximum atomic E-state index is 12.9. The smallest absolute Gasteiger partial charge is 0.462 e. The molecule has 0 aliphatic carbocycles. The molecule has 3 unspecified atom stereocenters. The number of phosphoric ester groups is 1. The molecule has 0 rings (SSSR count). The molecule has 0 amide bonds. The van der Waals surface area contributed by atoms with Gasteiger partial charge in [0.05, 0.1) is 19.8 Å². The third kappa shape index (κ3) is 51.1. The number of hydrogen-bond acceptors (Lipinski definition) is 10. The monoisotopic (exact) mass is 1030 g/mol. The van der Waals surface area contributed by atoms with Crippen molar-refractivity contribution in [1.82, 2.24) is 0 Å². The lowest BCUT2D eigenvalue weighted by molar-refractivity contribution is -0.161. The lowest BCUT2D eigenvalue weighted by Crippen LogP contribution is -2.30. The lowest BCUT2D eigenvalue weighted by Gasteiger charge is -2.21. The number of hydrogen-bond donors (Lipinski definition) is 2. The average Bonchev–Trinajstić information content (AvgIpc) is 3.37. The molecule has 72 heavy (non-hydrogen) atoms. The maximum Gasteiger partial charge on any atom is 0.472 e. The number of unbranched alkanes of at least 4 members (excludes halogenated alkanes) is 15. The molecule has 0 saturated heterocycles. The molecule has 0 aromatic heterocycles. The van der Waals surface area contributed by atoms with E-state index >= 15 is 0 Å². The van der Waals surface area contributed by atoms with E-state index in [9.17, 15) is 28.9 Å². The van der Waals surface area contributed by atoms with Gasteiger partial charge in [-0.05, 0) is 122 Å². The molecule has 0 aliphatic rings. The van der Waals surface area contributed by atoms with Gasteiger partial charge >= 0.3 is 25.7 Å². The minimum Gasteiger partial charge on any atom is -0.462 e. The standard InChI is InChI=1S/C60H99O11P/c1-4-7-10-13-16-19-22-25-27-28-30-32-34-37-40-43-46-49-58(62)67-53-57(71-60(64)51-48-45-42-39-36-33-29-26-23-20-17-14-11-8-5-2)55-69-72(65,66)68-54-56(52-61)70-59(63)50-47-44-41-38-35-31-24-21-18-15-12-9-6-3/h8-9,11-12,16-21,25-27,29,31,35-36,39,56-57,61H,4-7,10,13-15,22-24,28,30,32-34,37-38,40-55H2,1-3H3,(H,65,66)/b11-8-,12-9-,19-16-,20-17-,21-18-,27-25-,29-26-,35-31-,39-36-. The molecule has 0 aromatic rings. The Morgan fingerprint density at radius 3 is 1.15 bits per heavy atom. The third-order valence-electron chi connectivity index (χ3n) is 11.2. The van der Waals surface area contributed by atoms with Crippen molar-refractivity contribution in [1.29, 1.82) is 0 Å². The molecule has 0 heterocycles. The zero-order chi connectivity index (χ0) is 52.7. The number of esters is 3. The number of aliphatic hydroxyl groups excluding tert-OH is 1. The number of phosphoric acid groups is 1. The van der Waals surface area contributed by atoms with Crippen LogP contribution >= 0.6 is 7.82 Å². The molecule has 0 aliphatic heterocycles. The van der Waals surface area contributed by atoms with Crippen LogP contribution in [0.4, 0.5) is 0 Å². The minimum atomic E-state index is -4.77. The maximum absolute atomic E-state index is 12.9. The van der Waals surface area contributed by atoms with Gasteiger partial charge in [0.25, 0.3) is 0 Å².